The third-order valence-corrected chi connectivity index (χ3v) is 3.38. The van der Waals surface area contributed by atoms with E-state index < -0.39 is 4.92 Å². The van der Waals surface area contributed by atoms with Gasteiger partial charge in [0.2, 0.25) is 0 Å². The zero-order valence-electron chi connectivity index (χ0n) is 10.5. The van der Waals surface area contributed by atoms with Crippen LogP contribution in [0.3, 0.4) is 0 Å². The highest BCUT2D eigenvalue weighted by Crippen LogP contribution is 2.27. The number of halogens is 1. The minimum Gasteiger partial charge on any atom is -0.374 e. The number of anilines is 1. The summed E-state index contributed by atoms with van der Waals surface area (Å²) in [5.74, 6) is 0. The lowest BCUT2D eigenvalue weighted by molar-refractivity contribution is -0.906. The molecule has 2 rings (SSSR count). The first kappa shape index (κ1) is 14.0. The van der Waals surface area contributed by atoms with Gasteiger partial charge in [0.1, 0.15) is 18.8 Å². The zero-order chi connectivity index (χ0) is 13.7. The first-order valence-electron chi connectivity index (χ1n) is 6.26. The molecule has 0 spiro atoms. The van der Waals surface area contributed by atoms with E-state index in [1.54, 1.807) is 6.07 Å². The number of benzene rings is 1. The van der Waals surface area contributed by atoms with E-state index in [0.29, 0.717) is 17.3 Å². The molecule has 104 valence electrons. The summed E-state index contributed by atoms with van der Waals surface area (Å²) in [5, 5.41) is 14.5. The third-order valence-electron chi connectivity index (χ3n) is 3.15. The smallest absolute Gasteiger partial charge is 0.292 e. The third kappa shape index (κ3) is 4.05. The summed E-state index contributed by atoms with van der Waals surface area (Å²) >= 11 is 5.86. The van der Waals surface area contributed by atoms with Crippen LogP contribution in [-0.2, 0) is 4.74 Å². The Morgan fingerprint density at radius 3 is 2.84 bits per heavy atom. The average Bonchev–Trinajstić information content (AvgIpc) is 2.39. The van der Waals surface area contributed by atoms with Gasteiger partial charge in [-0.2, -0.15) is 0 Å². The molecule has 0 aliphatic carbocycles. The number of nitro benzene ring substituents is 1. The van der Waals surface area contributed by atoms with Crippen molar-refractivity contribution in [1.82, 2.24) is 0 Å². The predicted octanol–water partition coefficient (Wildman–Crippen LogP) is 0.575. The Morgan fingerprint density at radius 2 is 2.16 bits per heavy atom. The van der Waals surface area contributed by atoms with E-state index in [0.717, 1.165) is 32.8 Å². The van der Waals surface area contributed by atoms with Gasteiger partial charge in [-0.05, 0) is 12.1 Å². The van der Waals surface area contributed by atoms with Gasteiger partial charge in [0.05, 0.1) is 31.2 Å². The number of nitrogens with one attached hydrogen (secondary N) is 2. The van der Waals surface area contributed by atoms with Crippen LogP contribution in [0, 0.1) is 10.1 Å². The van der Waals surface area contributed by atoms with Crippen molar-refractivity contribution in [3.63, 3.8) is 0 Å². The normalized spacial score (nSPS) is 16.3. The van der Waals surface area contributed by atoms with Gasteiger partial charge in [0.25, 0.3) is 5.69 Å². The molecule has 0 amide bonds. The fourth-order valence-electron chi connectivity index (χ4n) is 2.09. The lowest BCUT2D eigenvalue weighted by Crippen LogP contribution is -3.14. The number of ether oxygens (including phenoxy) is 1. The monoisotopic (exact) mass is 286 g/mol. The van der Waals surface area contributed by atoms with Gasteiger partial charge in [-0.15, -0.1) is 0 Å². The average molecular weight is 287 g/mol. The van der Waals surface area contributed by atoms with E-state index in [9.17, 15) is 10.1 Å². The van der Waals surface area contributed by atoms with Crippen molar-refractivity contribution in [2.75, 3.05) is 44.7 Å². The minimum absolute atomic E-state index is 0.0568. The Morgan fingerprint density at radius 1 is 1.42 bits per heavy atom. The molecule has 2 N–H and O–H groups in total. The first-order valence-corrected chi connectivity index (χ1v) is 6.64. The molecule has 7 heteroatoms. The van der Waals surface area contributed by atoms with Crippen molar-refractivity contribution >= 4 is 23.0 Å². The van der Waals surface area contributed by atoms with Crippen molar-refractivity contribution in [2.45, 2.75) is 0 Å². The molecular weight excluding hydrogens is 270 g/mol. The largest absolute Gasteiger partial charge is 0.374 e. The highest BCUT2D eigenvalue weighted by Gasteiger charge is 2.16. The van der Waals surface area contributed by atoms with E-state index in [4.69, 9.17) is 16.3 Å². The molecular formula is C12H17ClN3O3+. The topological polar surface area (TPSA) is 68.8 Å². The molecule has 6 nitrogen and oxygen atoms in total. The molecule has 1 aliphatic rings. The molecule has 1 fully saturated rings. The molecule has 1 saturated heterocycles. The van der Waals surface area contributed by atoms with Crippen LogP contribution in [0.15, 0.2) is 18.2 Å². The number of nitro groups is 1. The Balaban J connectivity index is 1.91. The van der Waals surface area contributed by atoms with Gasteiger partial charge in [-0.3, -0.25) is 10.1 Å². The van der Waals surface area contributed by atoms with Gasteiger partial charge in [-0.1, -0.05) is 11.6 Å². The number of rotatable bonds is 5. The van der Waals surface area contributed by atoms with Crippen LogP contribution in [0.25, 0.3) is 0 Å². The Bertz CT molecular complexity index is 450. The van der Waals surface area contributed by atoms with Crippen molar-refractivity contribution in [3.8, 4) is 0 Å². The van der Waals surface area contributed by atoms with Crippen molar-refractivity contribution in [3.05, 3.63) is 33.3 Å². The van der Waals surface area contributed by atoms with E-state index in [-0.39, 0.29) is 5.69 Å². The summed E-state index contributed by atoms with van der Waals surface area (Å²) in [6.45, 7) is 5.13. The molecule has 19 heavy (non-hydrogen) atoms. The van der Waals surface area contributed by atoms with Crippen molar-refractivity contribution in [1.29, 1.82) is 0 Å². The maximum Gasteiger partial charge on any atom is 0.292 e. The summed E-state index contributed by atoms with van der Waals surface area (Å²) in [7, 11) is 0. The summed E-state index contributed by atoms with van der Waals surface area (Å²) < 4.78 is 5.28. The SMILES string of the molecule is O=[N+]([O-])c1ccc(Cl)cc1NCC[NH+]1CCOCC1. The molecule has 1 aromatic carbocycles. The first-order chi connectivity index (χ1) is 9.16. The summed E-state index contributed by atoms with van der Waals surface area (Å²) in [4.78, 5) is 11.9. The minimum atomic E-state index is -0.403. The van der Waals surface area contributed by atoms with Crippen molar-refractivity contribution < 1.29 is 14.6 Å². The number of morpholine rings is 1. The second-order valence-electron chi connectivity index (χ2n) is 4.46. The molecule has 0 radical (unpaired) electrons. The van der Waals surface area contributed by atoms with Gasteiger partial charge < -0.3 is 15.0 Å². The van der Waals surface area contributed by atoms with Crippen LogP contribution in [0.4, 0.5) is 11.4 Å². The molecule has 1 heterocycles. The molecule has 0 bridgehead atoms. The summed E-state index contributed by atoms with van der Waals surface area (Å²) in [6, 6.07) is 4.54. The lowest BCUT2D eigenvalue weighted by atomic mass is 10.2. The maximum atomic E-state index is 10.9. The molecule has 1 aliphatic heterocycles. The van der Waals surface area contributed by atoms with E-state index >= 15 is 0 Å². The van der Waals surface area contributed by atoms with Gasteiger partial charge in [0.15, 0.2) is 0 Å². The standard InChI is InChI=1S/C12H16ClN3O3/c13-10-1-2-12(16(17)18)11(9-10)14-3-4-15-5-7-19-8-6-15/h1-2,9,14H,3-8H2/p+1. The van der Waals surface area contributed by atoms with E-state index in [2.05, 4.69) is 5.32 Å². The maximum absolute atomic E-state index is 10.9. The van der Waals surface area contributed by atoms with E-state index in [1.165, 1.54) is 17.0 Å². The fraction of sp³-hybridized carbons (Fsp3) is 0.500. The molecule has 0 saturated carbocycles. The van der Waals surface area contributed by atoms with Crippen molar-refractivity contribution in [2.24, 2.45) is 0 Å². The van der Waals surface area contributed by atoms with Crippen LogP contribution in [0.2, 0.25) is 5.02 Å². The summed E-state index contributed by atoms with van der Waals surface area (Å²) in [5.41, 5.74) is 0.534. The number of hydrogen-bond donors (Lipinski definition) is 2. The molecule has 0 unspecified atom stereocenters. The summed E-state index contributed by atoms with van der Waals surface area (Å²) in [6.07, 6.45) is 0. The number of nitrogens with zero attached hydrogens (tertiary/aromatic N) is 1. The highest BCUT2D eigenvalue weighted by molar-refractivity contribution is 6.31. The fourth-order valence-corrected chi connectivity index (χ4v) is 2.27. The van der Waals surface area contributed by atoms with Gasteiger partial charge >= 0.3 is 0 Å². The molecule has 1 aromatic rings. The van der Waals surface area contributed by atoms with Crippen LogP contribution in [0.1, 0.15) is 0 Å². The second-order valence-corrected chi connectivity index (χ2v) is 4.89. The lowest BCUT2D eigenvalue weighted by Gasteiger charge is -2.23. The van der Waals surface area contributed by atoms with Gasteiger partial charge in [0, 0.05) is 11.1 Å². The Labute approximate surface area is 116 Å². The van der Waals surface area contributed by atoms with Crippen LogP contribution in [-0.4, -0.2) is 44.3 Å². The van der Waals surface area contributed by atoms with Crippen LogP contribution >= 0.6 is 11.6 Å². The van der Waals surface area contributed by atoms with Crippen LogP contribution in [0.5, 0.6) is 0 Å². The second kappa shape index (κ2) is 6.70. The van der Waals surface area contributed by atoms with E-state index in [1.807, 2.05) is 0 Å². The predicted molar refractivity (Wildman–Crippen MR) is 73.0 cm³/mol. The zero-order valence-corrected chi connectivity index (χ0v) is 11.3. The number of quaternary nitrogens is 1. The van der Waals surface area contributed by atoms with Crippen LogP contribution < -0.4 is 10.2 Å². The van der Waals surface area contributed by atoms with Gasteiger partial charge in [-0.25, -0.2) is 0 Å². The molecule has 0 aromatic heterocycles. The quantitative estimate of drug-likeness (QED) is 0.614. The Kier molecular flexibility index (Phi) is 4.95. The Hall–Kier alpha value is -1.37. The highest BCUT2D eigenvalue weighted by atomic mass is 35.5. The molecule has 0 atom stereocenters. The number of hydrogen-bond acceptors (Lipinski definition) is 4.